The van der Waals surface area contributed by atoms with E-state index < -0.39 is 10.0 Å². The first-order chi connectivity index (χ1) is 9.31. The molecule has 20 heavy (non-hydrogen) atoms. The van der Waals surface area contributed by atoms with Crippen molar-refractivity contribution in [3.8, 4) is 0 Å². The Balaban J connectivity index is 2.41. The van der Waals surface area contributed by atoms with Crippen LogP contribution in [0, 0.1) is 0 Å². The monoisotopic (exact) mass is 413 g/mol. The molecule has 0 heterocycles. The van der Waals surface area contributed by atoms with Crippen molar-refractivity contribution in [1.82, 2.24) is 0 Å². The summed E-state index contributed by atoms with van der Waals surface area (Å²) in [5, 5.41) is 0.855. The van der Waals surface area contributed by atoms with E-state index in [1.807, 2.05) is 0 Å². The van der Waals surface area contributed by atoms with Crippen LogP contribution in [0.5, 0.6) is 0 Å². The molecule has 0 spiro atoms. The molecule has 0 radical (unpaired) electrons. The van der Waals surface area contributed by atoms with Gasteiger partial charge in [0.15, 0.2) is 0 Å². The van der Waals surface area contributed by atoms with Gasteiger partial charge in [0.2, 0.25) is 0 Å². The second-order valence-electron chi connectivity index (χ2n) is 3.78. The number of halogens is 4. The molecule has 0 aromatic heterocycles. The van der Waals surface area contributed by atoms with E-state index in [4.69, 9.17) is 34.8 Å². The van der Waals surface area contributed by atoms with Crippen LogP contribution in [0.15, 0.2) is 45.8 Å². The summed E-state index contributed by atoms with van der Waals surface area (Å²) < 4.78 is 27.4. The Hall–Kier alpha value is -0.460. The van der Waals surface area contributed by atoms with Crippen LogP contribution in [-0.2, 0) is 10.0 Å². The molecule has 2 aromatic rings. The van der Waals surface area contributed by atoms with Gasteiger partial charge in [-0.1, -0.05) is 40.9 Å². The van der Waals surface area contributed by atoms with E-state index in [1.165, 1.54) is 18.2 Å². The second kappa shape index (κ2) is 6.12. The van der Waals surface area contributed by atoms with Gasteiger partial charge >= 0.3 is 0 Å². The van der Waals surface area contributed by atoms with Crippen molar-refractivity contribution in [1.29, 1.82) is 0 Å². The third kappa shape index (κ3) is 3.40. The van der Waals surface area contributed by atoms with Crippen molar-refractivity contribution in [2.45, 2.75) is 4.90 Å². The average molecular weight is 416 g/mol. The highest BCUT2D eigenvalue weighted by Gasteiger charge is 2.17. The highest BCUT2D eigenvalue weighted by Crippen LogP contribution is 2.32. The van der Waals surface area contributed by atoms with Crippen LogP contribution < -0.4 is 4.72 Å². The van der Waals surface area contributed by atoms with E-state index in [0.717, 1.165) is 0 Å². The molecule has 0 aliphatic heterocycles. The van der Waals surface area contributed by atoms with Crippen LogP contribution >= 0.6 is 50.7 Å². The number of hydrogen-bond donors (Lipinski definition) is 1. The summed E-state index contributed by atoms with van der Waals surface area (Å²) in [5.74, 6) is 0. The normalized spacial score (nSPS) is 11.4. The van der Waals surface area contributed by atoms with Gasteiger partial charge in [0.25, 0.3) is 10.0 Å². The highest BCUT2D eigenvalue weighted by molar-refractivity contribution is 9.10. The molecule has 0 fully saturated rings. The Morgan fingerprint density at radius 1 is 0.950 bits per heavy atom. The molecule has 0 aliphatic carbocycles. The van der Waals surface area contributed by atoms with Crippen molar-refractivity contribution in [2.24, 2.45) is 0 Å². The molecular weight excluding hydrogens is 408 g/mol. The molecule has 0 amide bonds. The summed E-state index contributed by atoms with van der Waals surface area (Å²) >= 11 is 20.7. The Bertz CT molecular complexity index is 765. The number of anilines is 1. The van der Waals surface area contributed by atoms with Gasteiger partial charge in [0.1, 0.15) is 0 Å². The van der Waals surface area contributed by atoms with E-state index in [1.54, 1.807) is 18.2 Å². The summed E-state index contributed by atoms with van der Waals surface area (Å²) in [6.07, 6.45) is 0. The summed E-state index contributed by atoms with van der Waals surface area (Å²) in [5.41, 5.74) is 0.337. The van der Waals surface area contributed by atoms with E-state index in [2.05, 4.69) is 20.7 Å². The van der Waals surface area contributed by atoms with Crippen LogP contribution in [0.2, 0.25) is 15.1 Å². The molecule has 0 saturated carbocycles. The number of nitrogens with one attached hydrogen (secondary N) is 1. The van der Waals surface area contributed by atoms with Crippen LogP contribution in [0.4, 0.5) is 5.69 Å². The Morgan fingerprint density at radius 3 is 2.30 bits per heavy atom. The van der Waals surface area contributed by atoms with Gasteiger partial charge in [-0.15, -0.1) is 0 Å². The van der Waals surface area contributed by atoms with Crippen LogP contribution in [0.3, 0.4) is 0 Å². The third-order valence-electron chi connectivity index (χ3n) is 2.40. The Morgan fingerprint density at radius 2 is 1.65 bits per heavy atom. The smallest absolute Gasteiger partial charge is 0.261 e. The molecule has 0 unspecified atom stereocenters. The van der Waals surface area contributed by atoms with Gasteiger partial charge in [-0.3, -0.25) is 4.72 Å². The maximum atomic E-state index is 12.3. The predicted molar refractivity (Wildman–Crippen MR) is 86.4 cm³/mol. The van der Waals surface area contributed by atoms with Crippen LogP contribution in [0.25, 0.3) is 0 Å². The summed E-state index contributed by atoms with van der Waals surface area (Å²) in [4.78, 5) is 0.0128. The fourth-order valence-corrected chi connectivity index (χ4v) is 3.56. The fraction of sp³-hybridized carbons (Fsp3) is 0. The molecule has 0 bridgehead atoms. The summed E-state index contributed by atoms with van der Waals surface area (Å²) in [7, 11) is -3.77. The zero-order valence-electron chi connectivity index (χ0n) is 9.70. The van der Waals surface area contributed by atoms with Gasteiger partial charge in [-0.05, 0) is 46.3 Å². The van der Waals surface area contributed by atoms with E-state index in [-0.39, 0.29) is 14.9 Å². The number of rotatable bonds is 3. The van der Waals surface area contributed by atoms with Gasteiger partial charge in [-0.25, -0.2) is 8.42 Å². The fourth-order valence-electron chi connectivity index (χ4n) is 1.43. The lowest BCUT2D eigenvalue weighted by molar-refractivity contribution is 0.601. The van der Waals surface area contributed by atoms with Crippen molar-refractivity contribution in [2.75, 3.05) is 4.72 Å². The Labute approximate surface area is 140 Å². The highest BCUT2D eigenvalue weighted by atomic mass is 79.9. The molecule has 0 aliphatic rings. The first-order valence-electron chi connectivity index (χ1n) is 5.23. The van der Waals surface area contributed by atoms with Crippen LogP contribution in [-0.4, -0.2) is 8.42 Å². The molecule has 0 saturated heterocycles. The van der Waals surface area contributed by atoms with Gasteiger partial charge in [0, 0.05) is 0 Å². The van der Waals surface area contributed by atoms with Crippen LogP contribution in [0.1, 0.15) is 0 Å². The first-order valence-corrected chi connectivity index (χ1v) is 8.64. The molecule has 0 atom stereocenters. The Kier molecular flexibility index (Phi) is 4.87. The zero-order chi connectivity index (χ0) is 14.9. The van der Waals surface area contributed by atoms with Crippen molar-refractivity contribution >= 4 is 66.4 Å². The number of hydrogen-bond acceptors (Lipinski definition) is 2. The number of benzene rings is 2. The molecule has 1 N–H and O–H groups in total. The van der Waals surface area contributed by atoms with Gasteiger partial charge < -0.3 is 0 Å². The van der Waals surface area contributed by atoms with Gasteiger partial charge in [0.05, 0.1) is 30.1 Å². The van der Waals surface area contributed by atoms with Gasteiger partial charge in [-0.2, -0.15) is 0 Å². The topological polar surface area (TPSA) is 46.2 Å². The minimum absolute atomic E-state index is 0.0128. The largest absolute Gasteiger partial charge is 0.278 e. The summed E-state index contributed by atoms with van der Waals surface area (Å²) in [6, 6.07) is 8.94. The van der Waals surface area contributed by atoms with E-state index in [0.29, 0.717) is 15.2 Å². The quantitative estimate of drug-likeness (QED) is 0.748. The molecule has 8 heteroatoms. The average Bonchev–Trinajstić information content (AvgIpc) is 2.38. The minimum Gasteiger partial charge on any atom is -0.278 e. The standard InChI is InChI=1S/C12H7BrCl3NO2S/c13-12-9(15)2-1-3-11(12)17-20(18,19)7-4-5-8(14)10(16)6-7/h1-6,17H. The molecule has 2 aromatic carbocycles. The zero-order valence-corrected chi connectivity index (χ0v) is 14.4. The van der Waals surface area contributed by atoms with E-state index in [9.17, 15) is 8.42 Å². The molecular formula is C12H7BrCl3NO2S. The lowest BCUT2D eigenvalue weighted by Gasteiger charge is -2.11. The molecule has 106 valence electrons. The predicted octanol–water partition coefficient (Wildman–Crippen LogP) is 5.21. The maximum Gasteiger partial charge on any atom is 0.261 e. The first kappa shape index (κ1) is 15.9. The second-order valence-corrected chi connectivity index (χ2v) is 7.48. The molecule has 3 nitrogen and oxygen atoms in total. The SMILES string of the molecule is O=S(=O)(Nc1cccc(Cl)c1Br)c1ccc(Cl)c(Cl)c1. The maximum absolute atomic E-state index is 12.3. The third-order valence-corrected chi connectivity index (χ3v) is 5.90. The lowest BCUT2D eigenvalue weighted by Crippen LogP contribution is -2.13. The minimum atomic E-state index is -3.77. The van der Waals surface area contributed by atoms with Crippen molar-refractivity contribution < 1.29 is 8.42 Å². The van der Waals surface area contributed by atoms with Crippen molar-refractivity contribution in [3.63, 3.8) is 0 Å². The summed E-state index contributed by atoms with van der Waals surface area (Å²) in [6.45, 7) is 0. The number of sulfonamides is 1. The molecule has 2 rings (SSSR count). The lowest BCUT2D eigenvalue weighted by atomic mass is 10.3. The van der Waals surface area contributed by atoms with Crippen molar-refractivity contribution in [3.05, 3.63) is 55.9 Å². The van der Waals surface area contributed by atoms with E-state index >= 15 is 0 Å².